The minimum atomic E-state index is -1.27. The van der Waals surface area contributed by atoms with E-state index in [1.807, 2.05) is 0 Å². The number of carbonyl (C=O) groups is 1. The van der Waals surface area contributed by atoms with Crippen molar-refractivity contribution in [2.75, 3.05) is 6.61 Å². The largest absolute Gasteiger partial charge is 0.478 e. The van der Waals surface area contributed by atoms with Crippen molar-refractivity contribution in [3.8, 4) is 11.1 Å². The van der Waals surface area contributed by atoms with Gasteiger partial charge >= 0.3 is 5.97 Å². The molecule has 0 saturated carbocycles. The van der Waals surface area contributed by atoms with Crippen molar-refractivity contribution in [2.45, 2.75) is 18.9 Å². The second-order valence-corrected chi connectivity index (χ2v) is 6.10. The summed E-state index contributed by atoms with van der Waals surface area (Å²) in [5.74, 6) is -2.89. The number of H-pyrrole nitrogens is 1. The third-order valence-corrected chi connectivity index (χ3v) is 4.59. The first-order valence-corrected chi connectivity index (χ1v) is 8.00. The first-order valence-electron chi connectivity index (χ1n) is 8.00. The van der Waals surface area contributed by atoms with E-state index in [2.05, 4.69) is 4.98 Å². The van der Waals surface area contributed by atoms with Crippen LogP contribution in [0.3, 0.4) is 0 Å². The van der Waals surface area contributed by atoms with Crippen LogP contribution < -0.4 is 0 Å². The molecule has 0 aliphatic carbocycles. The third kappa shape index (κ3) is 2.59. The maximum absolute atomic E-state index is 14.9. The van der Waals surface area contributed by atoms with E-state index < -0.39 is 17.6 Å². The lowest BCUT2D eigenvalue weighted by Gasteiger charge is -2.12. The minimum absolute atomic E-state index is 0.0227. The number of rotatable bonds is 3. The number of aromatic nitrogens is 1. The van der Waals surface area contributed by atoms with Crippen molar-refractivity contribution in [2.24, 2.45) is 0 Å². The summed E-state index contributed by atoms with van der Waals surface area (Å²) < 4.78 is 35.0. The second kappa shape index (κ2) is 5.97. The van der Waals surface area contributed by atoms with E-state index >= 15 is 0 Å². The average molecular weight is 343 g/mol. The molecule has 0 unspecified atom stereocenters. The van der Waals surface area contributed by atoms with Crippen molar-refractivity contribution < 1.29 is 23.4 Å². The number of benzene rings is 2. The molecule has 4 nitrogen and oxygen atoms in total. The van der Waals surface area contributed by atoms with E-state index in [0.717, 1.165) is 31.1 Å². The molecule has 0 spiro atoms. The summed E-state index contributed by atoms with van der Waals surface area (Å²) in [6.07, 6.45) is 3.12. The Labute approximate surface area is 142 Å². The van der Waals surface area contributed by atoms with Gasteiger partial charge in [0.25, 0.3) is 0 Å². The van der Waals surface area contributed by atoms with Crippen LogP contribution in [0.4, 0.5) is 8.78 Å². The predicted molar refractivity (Wildman–Crippen MR) is 88.5 cm³/mol. The molecule has 0 amide bonds. The monoisotopic (exact) mass is 343 g/mol. The maximum atomic E-state index is 14.9. The van der Waals surface area contributed by atoms with Gasteiger partial charge in [0.05, 0.1) is 28.1 Å². The Kier molecular flexibility index (Phi) is 3.77. The van der Waals surface area contributed by atoms with E-state index in [1.165, 1.54) is 6.20 Å². The molecule has 1 aromatic heterocycles. The number of hydrogen-bond acceptors (Lipinski definition) is 2. The highest BCUT2D eigenvalue weighted by molar-refractivity contribution is 6.04. The first kappa shape index (κ1) is 15.8. The fourth-order valence-electron chi connectivity index (χ4n) is 3.36. The summed E-state index contributed by atoms with van der Waals surface area (Å²) in [6, 6.07) is 7.98. The first-order chi connectivity index (χ1) is 12.1. The summed E-state index contributed by atoms with van der Waals surface area (Å²) in [5, 5.41) is 9.07. The number of carboxylic acids is 1. The van der Waals surface area contributed by atoms with Gasteiger partial charge in [-0.1, -0.05) is 24.3 Å². The number of aromatic carboxylic acids is 1. The van der Waals surface area contributed by atoms with Gasteiger partial charge in [0.15, 0.2) is 0 Å². The SMILES string of the molecule is O=C(O)c1c[nH]c2cc(F)c(-c3ccc([C@@H]4CCCO4)cc3)c(F)c12. The van der Waals surface area contributed by atoms with Crippen LogP contribution in [-0.4, -0.2) is 22.7 Å². The van der Waals surface area contributed by atoms with Crippen LogP contribution in [0.15, 0.2) is 36.5 Å². The molecule has 3 aromatic rings. The number of fused-ring (bicyclic) bond motifs is 1. The van der Waals surface area contributed by atoms with E-state index in [9.17, 15) is 18.7 Å². The zero-order valence-electron chi connectivity index (χ0n) is 13.2. The van der Waals surface area contributed by atoms with Gasteiger partial charge in [0.2, 0.25) is 0 Å². The summed E-state index contributed by atoms with van der Waals surface area (Å²) >= 11 is 0. The average Bonchev–Trinajstić information content (AvgIpc) is 3.25. The predicted octanol–water partition coefficient (Wildman–Crippen LogP) is 4.66. The van der Waals surface area contributed by atoms with Gasteiger partial charge in [-0.3, -0.25) is 0 Å². The molecule has 1 saturated heterocycles. The van der Waals surface area contributed by atoms with Gasteiger partial charge in [-0.25, -0.2) is 13.6 Å². The van der Waals surface area contributed by atoms with Crippen LogP contribution in [0.5, 0.6) is 0 Å². The fourth-order valence-corrected chi connectivity index (χ4v) is 3.36. The molecule has 1 aliphatic rings. The molecule has 4 rings (SSSR count). The highest BCUT2D eigenvalue weighted by Crippen LogP contribution is 2.35. The Balaban J connectivity index is 1.82. The minimum Gasteiger partial charge on any atom is -0.478 e. The Hall–Kier alpha value is -2.73. The fraction of sp³-hybridized carbons (Fsp3) is 0.211. The summed E-state index contributed by atoms with van der Waals surface area (Å²) in [5.41, 5.74) is 0.998. The third-order valence-electron chi connectivity index (χ3n) is 4.59. The number of hydrogen-bond donors (Lipinski definition) is 2. The van der Waals surface area contributed by atoms with Crippen LogP contribution in [0.2, 0.25) is 0 Å². The van der Waals surface area contributed by atoms with E-state index in [-0.39, 0.29) is 28.1 Å². The lowest BCUT2D eigenvalue weighted by Crippen LogP contribution is -1.99. The molecule has 2 N–H and O–H groups in total. The number of aromatic amines is 1. The van der Waals surface area contributed by atoms with Crippen molar-refractivity contribution in [1.29, 1.82) is 0 Å². The van der Waals surface area contributed by atoms with Gasteiger partial charge in [-0.05, 0) is 30.0 Å². The zero-order chi connectivity index (χ0) is 17.6. The van der Waals surface area contributed by atoms with Gasteiger partial charge < -0.3 is 14.8 Å². The Bertz CT molecular complexity index is 957. The molecule has 1 fully saturated rings. The summed E-state index contributed by atoms with van der Waals surface area (Å²) in [6.45, 7) is 0.720. The molecular weight excluding hydrogens is 328 g/mol. The Morgan fingerprint density at radius 2 is 2.00 bits per heavy atom. The van der Waals surface area contributed by atoms with E-state index in [1.54, 1.807) is 24.3 Å². The molecule has 6 heteroatoms. The lowest BCUT2D eigenvalue weighted by molar-refractivity contribution is 0.0698. The van der Waals surface area contributed by atoms with Crippen LogP contribution in [-0.2, 0) is 4.74 Å². The zero-order valence-corrected chi connectivity index (χ0v) is 13.2. The summed E-state index contributed by atoms with van der Waals surface area (Å²) in [4.78, 5) is 13.9. The molecule has 2 aromatic carbocycles. The molecule has 0 bridgehead atoms. The molecule has 0 radical (unpaired) electrons. The van der Waals surface area contributed by atoms with E-state index in [0.29, 0.717) is 5.56 Å². The van der Waals surface area contributed by atoms with Crippen LogP contribution in [0.1, 0.15) is 34.9 Å². The highest BCUT2D eigenvalue weighted by atomic mass is 19.1. The molecule has 25 heavy (non-hydrogen) atoms. The van der Waals surface area contributed by atoms with Crippen LogP contribution >= 0.6 is 0 Å². The van der Waals surface area contributed by atoms with Crippen LogP contribution in [0.25, 0.3) is 22.0 Å². The normalized spacial score (nSPS) is 17.3. The van der Waals surface area contributed by atoms with Crippen molar-refractivity contribution in [3.05, 3.63) is 59.3 Å². The quantitative estimate of drug-likeness (QED) is 0.727. The Morgan fingerprint density at radius 3 is 2.64 bits per heavy atom. The summed E-state index contributed by atoms with van der Waals surface area (Å²) in [7, 11) is 0. The van der Waals surface area contributed by atoms with Crippen molar-refractivity contribution in [1.82, 2.24) is 4.98 Å². The highest BCUT2D eigenvalue weighted by Gasteiger charge is 2.22. The molecule has 2 heterocycles. The standard InChI is InChI=1S/C19H15F2NO3/c20-13-8-14-17(12(9-22-14)19(23)24)18(21)16(13)11-5-3-10(4-6-11)15-2-1-7-25-15/h3-6,8-9,15,22H,1-2,7H2,(H,23,24)/t15-/m0/s1. The smallest absolute Gasteiger partial charge is 0.337 e. The van der Waals surface area contributed by atoms with Gasteiger partial charge in [0, 0.05) is 12.8 Å². The van der Waals surface area contributed by atoms with E-state index in [4.69, 9.17) is 4.74 Å². The molecule has 128 valence electrons. The molecular formula is C19H15F2NO3. The number of ether oxygens (including phenoxy) is 1. The second-order valence-electron chi connectivity index (χ2n) is 6.10. The maximum Gasteiger partial charge on any atom is 0.337 e. The van der Waals surface area contributed by atoms with Gasteiger partial charge in [-0.15, -0.1) is 0 Å². The number of carboxylic acid groups (broad SMARTS) is 1. The Morgan fingerprint density at radius 1 is 1.24 bits per heavy atom. The number of nitrogens with one attached hydrogen (secondary N) is 1. The van der Waals surface area contributed by atoms with Crippen molar-refractivity contribution in [3.63, 3.8) is 0 Å². The topological polar surface area (TPSA) is 62.3 Å². The molecule has 1 atom stereocenters. The van der Waals surface area contributed by atoms with Gasteiger partial charge in [-0.2, -0.15) is 0 Å². The lowest BCUT2D eigenvalue weighted by atomic mass is 9.98. The van der Waals surface area contributed by atoms with Gasteiger partial charge in [0.1, 0.15) is 11.6 Å². The molecule has 1 aliphatic heterocycles. The number of halogens is 2. The van der Waals surface area contributed by atoms with Crippen LogP contribution in [0, 0.1) is 11.6 Å². The van der Waals surface area contributed by atoms with Crippen molar-refractivity contribution >= 4 is 16.9 Å².